The molecule has 1 aliphatic carbocycles. The lowest BCUT2D eigenvalue weighted by atomic mass is 9.80. The minimum atomic E-state index is -2.23. The van der Waals surface area contributed by atoms with Crippen LogP contribution in [-0.2, 0) is 0 Å². The summed E-state index contributed by atoms with van der Waals surface area (Å²) >= 11 is 0. The highest BCUT2D eigenvalue weighted by molar-refractivity contribution is 4.89. The molecule has 0 aliphatic heterocycles. The second-order valence-electron chi connectivity index (χ2n) is 4.88. The number of likely N-dealkylation sites (N-methyl/N-ethyl adjacent to an activating group) is 2. The molecule has 0 bridgehead atoms. The van der Waals surface area contributed by atoms with E-state index in [0.717, 1.165) is 19.3 Å². The van der Waals surface area contributed by atoms with Crippen LogP contribution >= 0.6 is 0 Å². The van der Waals surface area contributed by atoms with Crippen LogP contribution in [0.25, 0.3) is 0 Å². The Labute approximate surface area is 97.4 Å². The quantitative estimate of drug-likeness (QED) is 0.785. The van der Waals surface area contributed by atoms with Crippen molar-refractivity contribution in [3.63, 3.8) is 0 Å². The SMILES string of the molecule is CCC1CCC(NC)C(N(C)CC(F)F)C1. The molecule has 3 atom stereocenters. The molecule has 0 amide bonds. The first-order chi connectivity index (χ1) is 7.58. The Balaban J connectivity index is 2.56. The Bertz CT molecular complexity index is 199. The molecule has 1 N–H and O–H groups in total. The molecular formula is C12H24F2N2. The summed E-state index contributed by atoms with van der Waals surface area (Å²) in [5, 5.41) is 3.27. The maximum absolute atomic E-state index is 12.4. The first-order valence-corrected chi connectivity index (χ1v) is 6.24. The molecule has 1 rings (SSSR count). The van der Waals surface area contributed by atoms with Gasteiger partial charge in [0.25, 0.3) is 6.43 Å². The predicted octanol–water partition coefficient (Wildman–Crippen LogP) is 2.35. The number of hydrogen-bond acceptors (Lipinski definition) is 2. The molecule has 0 saturated heterocycles. The lowest BCUT2D eigenvalue weighted by Gasteiger charge is -2.41. The number of nitrogens with zero attached hydrogens (tertiary/aromatic N) is 1. The molecule has 1 saturated carbocycles. The van der Waals surface area contributed by atoms with Crippen molar-refractivity contribution in [2.24, 2.45) is 5.92 Å². The lowest BCUT2D eigenvalue weighted by molar-refractivity contribution is 0.0498. The van der Waals surface area contributed by atoms with E-state index in [0.29, 0.717) is 12.0 Å². The molecule has 0 heterocycles. The van der Waals surface area contributed by atoms with Crippen molar-refractivity contribution in [1.82, 2.24) is 10.2 Å². The van der Waals surface area contributed by atoms with E-state index in [-0.39, 0.29) is 12.6 Å². The van der Waals surface area contributed by atoms with E-state index in [4.69, 9.17) is 0 Å². The molecule has 96 valence electrons. The third kappa shape index (κ3) is 3.67. The van der Waals surface area contributed by atoms with Crippen LogP contribution in [0, 0.1) is 5.92 Å². The lowest BCUT2D eigenvalue weighted by Crippen LogP contribution is -2.52. The van der Waals surface area contributed by atoms with Crippen LogP contribution in [0.3, 0.4) is 0 Å². The summed E-state index contributed by atoms with van der Waals surface area (Å²) < 4.78 is 24.8. The number of nitrogens with one attached hydrogen (secondary N) is 1. The largest absolute Gasteiger partial charge is 0.315 e. The van der Waals surface area contributed by atoms with Gasteiger partial charge >= 0.3 is 0 Å². The monoisotopic (exact) mass is 234 g/mol. The fourth-order valence-corrected chi connectivity index (χ4v) is 2.78. The van der Waals surface area contributed by atoms with Gasteiger partial charge in [0.1, 0.15) is 0 Å². The molecule has 16 heavy (non-hydrogen) atoms. The first-order valence-electron chi connectivity index (χ1n) is 6.24. The van der Waals surface area contributed by atoms with Crippen molar-refractivity contribution >= 4 is 0 Å². The van der Waals surface area contributed by atoms with E-state index in [1.165, 1.54) is 6.42 Å². The van der Waals surface area contributed by atoms with Gasteiger partial charge in [-0.2, -0.15) is 0 Å². The van der Waals surface area contributed by atoms with Crippen molar-refractivity contribution in [3.05, 3.63) is 0 Å². The molecule has 0 aromatic carbocycles. The average Bonchev–Trinajstić information content (AvgIpc) is 2.27. The van der Waals surface area contributed by atoms with Gasteiger partial charge in [-0.3, -0.25) is 4.90 Å². The van der Waals surface area contributed by atoms with Gasteiger partial charge in [-0.25, -0.2) is 8.78 Å². The molecule has 4 heteroatoms. The smallest absolute Gasteiger partial charge is 0.251 e. The Morgan fingerprint density at radius 2 is 2.06 bits per heavy atom. The van der Waals surface area contributed by atoms with Gasteiger partial charge in [-0.1, -0.05) is 13.3 Å². The van der Waals surface area contributed by atoms with Crippen molar-refractivity contribution in [2.75, 3.05) is 20.6 Å². The van der Waals surface area contributed by atoms with Crippen LogP contribution in [0.4, 0.5) is 8.78 Å². The second kappa shape index (κ2) is 6.50. The summed E-state index contributed by atoms with van der Waals surface area (Å²) in [5.41, 5.74) is 0. The minimum absolute atomic E-state index is 0.112. The number of alkyl halides is 2. The standard InChI is InChI=1S/C12H24F2N2/c1-4-9-5-6-10(15-2)11(7-9)16(3)8-12(13)14/h9-12,15H,4-8H2,1-3H3. The van der Waals surface area contributed by atoms with E-state index in [9.17, 15) is 8.78 Å². The van der Waals surface area contributed by atoms with Crippen molar-refractivity contribution in [1.29, 1.82) is 0 Å². The zero-order valence-corrected chi connectivity index (χ0v) is 10.5. The van der Waals surface area contributed by atoms with Gasteiger partial charge in [-0.05, 0) is 39.3 Å². The van der Waals surface area contributed by atoms with Crippen LogP contribution < -0.4 is 5.32 Å². The number of halogens is 2. The highest BCUT2D eigenvalue weighted by Gasteiger charge is 2.32. The number of rotatable bonds is 5. The van der Waals surface area contributed by atoms with Crippen LogP contribution in [0.5, 0.6) is 0 Å². The van der Waals surface area contributed by atoms with Crippen LogP contribution in [-0.4, -0.2) is 44.0 Å². The van der Waals surface area contributed by atoms with Gasteiger partial charge in [0.05, 0.1) is 6.54 Å². The van der Waals surface area contributed by atoms with Crippen LogP contribution in [0.1, 0.15) is 32.6 Å². The van der Waals surface area contributed by atoms with Gasteiger partial charge in [-0.15, -0.1) is 0 Å². The first kappa shape index (κ1) is 13.8. The molecule has 3 unspecified atom stereocenters. The molecule has 0 aromatic rings. The summed E-state index contributed by atoms with van der Waals surface area (Å²) in [7, 11) is 3.75. The Morgan fingerprint density at radius 3 is 2.56 bits per heavy atom. The third-order valence-electron chi connectivity index (χ3n) is 3.87. The van der Waals surface area contributed by atoms with Gasteiger partial charge in [0.15, 0.2) is 0 Å². The van der Waals surface area contributed by atoms with Crippen molar-refractivity contribution in [3.8, 4) is 0 Å². The maximum Gasteiger partial charge on any atom is 0.251 e. The fourth-order valence-electron chi connectivity index (χ4n) is 2.78. The topological polar surface area (TPSA) is 15.3 Å². The molecule has 0 radical (unpaired) electrons. The zero-order chi connectivity index (χ0) is 12.1. The van der Waals surface area contributed by atoms with Gasteiger partial charge in [0, 0.05) is 12.1 Å². The summed E-state index contributed by atoms with van der Waals surface area (Å²) in [4.78, 5) is 1.83. The molecule has 0 spiro atoms. The van der Waals surface area contributed by atoms with E-state index in [2.05, 4.69) is 12.2 Å². The zero-order valence-electron chi connectivity index (χ0n) is 10.5. The van der Waals surface area contributed by atoms with Crippen molar-refractivity contribution in [2.45, 2.75) is 51.1 Å². The minimum Gasteiger partial charge on any atom is -0.315 e. The van der Waals surface area contributed by atoms with E-state index in [1.54, 1.807) is 0 Å². The highest BCUT2D eigenvalue weighted by Crippen LogP contribution is 2.29. The number of hydrogen-bond donors (Lipinski definition) is 1. The average molecular weight is 234 g/mol. The van der Waals surface area contributed by atoms with E-state index >= 15 is 0 Å². The third-order valence-corrected chi connectivity index (χ3v) is 3.87. The summed E-state index contributed by atoms with van der Waals surface area (Å²) in [6.07, 6.45) is 2.30. The summed E-state index contributed by atoms with van der Waals surface area (Å²) in [6.45, 7) is 2.08. The van der Waals surface area contributed by atoms with Gasteiger partial charge < -0.3 is 5.32 Å². The normalized spacial score (nSPS) is 31.3. The van der Waals surface area contributed by atoms with Crippen molar-refractivity contribution < 1.29 is 8.78 Å². The van der Waals surface area contributed by atoms with Crippen LogP contribution in [0.15, 0.2) is 0 Å². The van der Waals surface area contributed by atoms with Gasteiger partial charge in [0.2, 0.25) is 0 Å². The molecule has 2 nitrogen and oxygen atoms in total. The van der Waals surface area contributed by atoms with Crippen LogP contribution in [0.2, 0.25) is 0 Å². The molecule has 1 fully saturated rings. The van der Waals surface area contributed by atoms with E-state index in [1.807, 2.05) is 19.0 Å². The molecular weight excluding hydrogens is 210 g/mol. The summed E-state index contributed by atoms with van der Waals surface area (Å²) in [6, 6.07) is 0.629. The second-order valence-corrected chi connectivity index (χ2v) is 4.88. The Hall–Kier alpha value is -0.220. The summed E-state index contributed by atoms with van der Waals surface area (Å²) in [5.74, 6) is 0.703. The molecule has 1 aliphatic rings. The fraction of sp³-hybridized carbons (Fsp3) is 1.00. The maximum atomic E-state index is 12.4. The Kier molecular flexibility index (Phi) is 5.62. The predicted molar refractivity (Wildman–Crippen MR) is 62.9 cm³/mol. The Morgan fingerprint density at radius 1 is 1.38 bits per heavy atom. The molecule has 0 aromatic heterocycles. The van der Waals surface area contributed by atoms with E-state index < -0.39 is 6.43 Å². The highest BCUT2D eigenvalue weighted by atomic mass is 19.3.